The van der Waals surface area contributed by atoms with Crippen molar-refractivity contribution in [3.05, 3.63) is 71.3 Å². The van der Waals surface area contributed by atoms with Gasteiger partial charge < -0.3 is 20.3 Å². The Bertz CT molecular complexity index is 1170. The molecule has 3 aliphatic rings. The molecular weight excluding hydrogens is 470 g/mol. The Morgan fingerprint density at radius 1 is 1.14 bits per heavy atom. The molecule has 7 heteroatoms. The first-order chi connectivity index (χ1) is 17.4. The van der Waals surface area contributed by atoms with E-state index in [0.717, 1.165) is 16.7 Å². The predicted molar refractivity (Wildman–Crippen MR) is 139 cm³/mol. The zero-order chi connectivity index (χ0) is 27.1. The molecule has 0 radical (unpaired) electrons. The number of hydrogen-bond acceptors (Lipinski definition) is 6. The number of hydrogen-bond donors (Lipinski definition) is 3. The summed E-state index contributed by atoms with van der Waals surface area (Å²) < 4.78 is 5.82. The van der Waals surface area contributed by atoms with Crippen LogP contribution in [0.15, 0.2) is 65.8 Å². The minimum atomic E-state index is -1.82. The van der Waals surface area contributed by atoms with Crippen LogP contribution in [0.2, 0.25) is 0 Å². The Balaban J connectivity index is 1.96. The molecule has 3 N–H and O–H groups in total. The van der Waals surface area contributed by atoms with E-state index in [2.05, 4.69) is 5.32 Å². The predicted octanol–water partition coefficient (Wildman–Crippen LogP) is 3.06. The molecule has 8 atom stereocenters. The van der Waals surface area contributed by atoms with Crippen molar-refractivity contribution in [1.82, 2.24) is 5.32 Å². The quantitative estimate of drug-likeness (QED) is 0.428. The number of ether oxygens (including phenoxy) is 1. The van der Waals surface area contributed by atoms with Crippen molar-refractivity contribution in [3.8, 4) is 0 Å². The van der Waals surface area contributed by atoms with Gasteiger partial charge >= 0.3 is 5.97 Å². The highest BCUT2D eigenvalue weighted by molar-refractivity contribution is 5.91. The van der Waals surface area contributed by atoms with E-state index in [1.54, 1.807) is 19.1 Å². The van der Waals surface area contributed by atoms with Gasteiger partial charge in [0.15, 0.2) is 5.78 Å². The molecule has 0 aromatic heterocycles. The highest BCUT2D eigenvalue weighted by Crippen LogP contribution is 2.57. The van der Waals surface area contributed by atoms with Gasteiger partial charge in [-0.1, -0.05) is 55.0 Å². The van der Waals surface area contributed by atoms with Crippen LogP contribution in [-0.2, 0) is 25.5 Å². The van der Waals surface area contributed by atoms with Crippen molar-refractivity contribution >= 4 is 17.7 Å². The minimum absolute atomic E-state index is 0.314. The average molecular weight is 508 g/mol. The first-order valence-electron chi connectivity index (χ1n) is 12.9. The Morgan fingerprint density at radius 2 is 1.81 bits per heavy atom. The third-order valence-electron chi connectivity index (χ3n) is 8.49. The van der Waals surface area contributed by atoms with Crippen LogP contribution in [-0.4, -0.2) is 51.7 Å². The number of amides is 1. The molecule has 1 aromatic rings. The van der Waals surface area contributed by atoms with Gasteiger partial charge in [-0.05, 0) is 56.9 Å². The van der Waals surface area contributed by atoms with Crippen LogP contribution in [0.5, 0.6) is 0 Å². The smallest absolute Gasteiger partial charge is 0.303 e. The van der Waals surface area contributed by atoms with Gasteiger partial charge in [-0.15, -0.1) is 0 Å². The molecule has 1 aromatic carbocycles. The highest BCUT2D eigenvalue weighted by atomic mass is 16.5. The molecule has 2 unspecified atom stereocenters. The van der Waals surface area contributed by atoms with Gasteiger partial charge in [-0.2, -0.15) is 0 Å². The maximum atomic E-state index is 14.2. The molecule has 1 spiro atoms. The first kappa shape index (κ1) is 27.0. The topological polar surface area (TPSA) is 113 Å². The number of aliphatic hydroxyl groups is 2. The number of nitrogens with one attached hydrogen (secondary N) is 1. The molecule has 1 amide bonds. The lowest BCUT2D eigenvalue weighted by Gasteiger charge is -2.49. The summed E-state index contributed by atoms with van der Waals surface area (Å²) in [4.78, 5) is 39.5. The normalized spacial score (nSPS) is 39.6. The summed E-state index contributed by atoms with van der Waals surface area (Å²) in [6.07, 6.45) is 5.17. The summed E-state index contributed by atoms with van der Waals surface area (Å²) in [5.41, 5.74) is -0.500. The summed E-state index contributed by atoms with van der Waals surface area (Å²) in [6, 6.07) is 9.52. The number of benzene rings is 1. The Labute approximate surface area is 218 Å². The molecule has 2 aliphatic carbocycles. The summed E-state index contributed by atoms with van der Waals surface area (Å²) in [7, 11) is 0. The minimum Gasteiger partial charge on any atom is -0.457 e. The average Bonchev–Trinajstić information content (AvgIpc) is 3.13. The van der Waals surface area contributed by atoms with Crippen LogP contribution >= 0.6 is 0 Å². The molecule has 4 rings (SSSR count). The second-order valence-corrected chi connectivity index (χ2v) is 11.0. The van der Waals surface area contributed by atoms with Gasteiger partial charge in [0.1, 0.15) is 17.1 Å². The van der Waals surface area contributed by atoms with Crippen LogP contribution in [0.3, 0.4) is 0 Å². The van der Waals surface area contributed by atoms with E-state index in [-0.39, 0.29) is 17.7 Å². The summed E-state index contributed by atoms with van der Waals surface area (Å²) >= 11 is 0. The van der Waals surface area contributed by atoms with Crippen molar-refractivity contribution in [2.45, 2.75) is 71.3 Å². The summed E-state index contributed by atoms with van der Waals surface area (Å²) in [5.74, 6) is -2.92. The van der Waals surface area contributed by atoms with E-state index < -0.39 is 46.9 Å². The monoisotopic (exact) mass is 507 g/mol. The molecular formula is C30H37NO6. The Hall–Kier alpha value is -3.03. The van der Waals surface area contributed by atoms with Gasteiger partial charge in [-0.25, -0.2) is 0 Å². The highest BCUT2D eigenvalue weighted by Gasteiger charge is 2.67. The van der Waals surface area contributed by atoms with E-state index in [1.807, 2.05) is 44.2 Å². The van der Waals surface area contributed by atoms with Crippen LogP contribution in [0.4, 0.5) is 0 Å². The summed E-state index contributed by atoms with van der Waals surface area (Å²) in [6.45, 7) is 8.20. The number of ketones is 1. The number of aliphatic hydroxyl groups excluding tert-OH is 1. The Kier molecular flexibility index (Phi) is 7.32. The SMILES string of the molecule is CC(=O)OC1/C=C/[C@@](C)(O)C(=O)[C@@H](C)C/C=C/[C@H]2[C@H](O)C(C)=C(C)[C@H]3[C@H](Cc4ccccc4)NC(=O)C123. The molecule has 0 bridgehead atoms. The second-order valence-electron chi connectivity index (χ2n) is 11.0. The molecule has 198 valence electrons. The lowest BCUT2D eigenvalue weighted by atomic mass is 9.54. The van der Waals surface area contributed by atoms with Gasteiger partial charge in [0.25, 0.3) is 0 Å². The third kappa shape index (κ3) is 4.59. The number of carbonyl (C=O) groups excluding carboxylic acids is 3. The molecule has 0 saturated carbocycles. The number of carbonyl (C=O) groups is 3. The molecule has 1 fully saturated rings. The third-order valence-corrected chi connectivity index (χ3v) is 8.49. The fourth-order valence-corrected chi connectivity index (χ4v) is 6.54. The lowest BCUT2D eigenvalue weighted by molar-refractivity contribution is -0.161. The standard InChI is InChI=1S/C30H37NO6/c1-17-10-9-13-22-26(33)19(3)18(2)25-23(16-21-11-7-6-8-12-21)31-28(35)30(22,25)24(37-20(4)32)14-15-29(5,36)27(17)34/h6-9,11-15,17,22-26,33,36H,10,16H2,1-5H3,(H,31,35)/b13-9+,15-14+/t17-,22-,23-,24?,25-,26+,29+,30?/m0/s1. The molecule has 1 aliphatic heterocycles. The van der Waals surface area contributed by atoms with E-state index in [9.17, 15) is 24.6 Å². The van der Waals surface area contributed by atoms with Crippen LogP contribution in [0.1, 0.15) is 46.6 Å². The van der Waals surface area contributed by atoms with E-state index >= 15 is 0 Å². The zero-order valence-corrected chi connectivity index (χ0v) is 22.1. The maximum absolute atomic E-state index is 14.2. The summed E-state index contributed by atoms with van der Waals surface area (Å²) in [5, 5.41) is 25.7. The zero-order valence-electron chi connectivity index (χ0n) is 22.1. The maximum Gasteiger partial charge on any atom is 0.303 e. The van der Waals surface area contributed by atoms with Crippen molar-refractivity contribution in [1.29, 1.82) is 0 Å². The Morgan fingerprint density at radius 3 is 2.46 bits per heavy atom. The lowest BCUT2D eigenvalue weighted by Crippen LogP contribution is -2.58. The van der Waals surface area contributed by atoms with Crippen molar-refractivity contribution < 1.29 is 29.3 Å². The van der Waals surface area contributed by atoms with Crippen molar-refractivity contribution in [3.63, 3.8) is 0 Å². The molecule has 37 heavy (non-hydrogen) atoms. The van der Waals surface area contributed by atoms with Gasteiger partial charge in [0, 0.05) is 30.7 Å². The molecule has 7 nitrogen and oxygen atoms in total. The number of rotatable bonds is 3. The van der Waals surface area contributed by atoms with E-state index in [0.29, 0.717) is 12.8 Å². The fourth-order valence-electron chi connectivity index (χ4n) is 6.54. The van der Waals surface area contributed by atoms with Gasteiger partial charge in [0.05, 0.1) is 6.10 Å². The van der Waals surface area contributed by atoms with E-state index in [4.69, 9.17) is 4.74 Å². The van der Waals surface area contributed by atoms with Crippen LogP contribution in [0.25, 0.3) is 0 Å². The molecule has 1 heterocycles. The van der Waals surface area contributed by atoms with E-state index in [1.165, 1.54) is 26.0 Å². The number of esters is 1. The van der Waals surface area contributed by atoms with Crippen LogP contribution < -0.4 is 5.32 Å². The second kappa shape index (κ2) is 10.0. The number of allylic oxidation sites excluding steroid dienone is 1. The molecule has 1 saturated heterocycles. The largest absolute Gasteiger partial charge is 0.457 e. The van der Waals surface area contributed by atoms with Gasteiger partial charge in [0.2, 0.25) is 5.91 Å². The van der Waals surface area contributed by atoms with Crippen molar-refractivity contribution in [2.75, 3.05) is 0 Å². The van der Waals surface area contributed by atoms with Crippen LogP contribution in [0, 0.1) is 23.2 Å². The van der Waals surface area contributed by atoms with Gasteiger partial charge in [-0.3, -0.25) is 14.4 Å². The van der Waals surface area contributed by atoms with Crippen molar-refractivity contribution in [2.24, 2.45) is 23.2 Å². The fraction of sp³-hybridized carbons (Fsp3) is 0.500. The first-order valence-corrected chi connectivity index (χ1v) is 12.9. The number of Topliss-reactive ketones (excluding diaryl/α,β-unsaturated/α-hetero) is 1.